The second kappa shape index (κ2) is 5.25. The maximum Gasteiger partial charge on any atom is 0.171 e. The van der Waals surface area contributed by atoms with Crippen LogP contribution in [0.4, 0.5) is 0 Å². The van der Waals surface area contributed by atoms with Gasteiger partial charge in [-0.05, 0) is 43.0 Å². The molecule has 0 aliphatic heterocycles. The molecule has 0 bridgehead atoms. The van der Waals surface area contributed by atoms with E-state index in [1.54, 1.807) is 6.20 Å². The molecule has 0 saturated carbocycles. The fraction of sp³-hybridized carbons (Fsp3) is 0.250. The van der Waals surface area contributed by atoms with Crippen LogP contribution < -0.4 is 0 Å². The first-order chi connectivity index (χ1) is 9.25. The van der Waals surface area contributed by atoms with Crippen LogP contribution in [-0.4, -0.2) is 10.8 Å². The summed E-state index contributed by atoms with van der Waals surface area (Å²) < 4.78 is 0.940. The van der Waals surface area contributed by atoms with Gasteiger partial charge in [-0.3, -0.25) is 9.78 Å². The molecule has 0 N–H and O–H groups in total. The number of fused-ring (bicyclic) bond motifs is 1. The van der Waals surface area contributed by atoms with Gasteiger partial charge in [-0.25, -0.2) is 0 Å². The van der Waals surface area contributed by atoms with Crippen molar-refractivity contribution >= 4 is 21.7 Å². The second-order valence-electron chi connectivity index (χ2n) is 4.87. The highest BCUT2D eigenvalue weighted by atomic mass is 79.9. The number of hydrogen-bond donors (Lipinski definition) is 0. The monoisotopic (exact) mass is 315 g/mol. The molecule has 0 spiro atoms. The topological polar surface area (TPSA) is 30.0 Å². The van der Waals surface area contributed by atoms with Crippen molar-refractivity contribution in [3.05, 3.63) is 63.9 Å². The Bertz CT molecular complexity index is 624. The number of nitrogens with zero attached hydrogens (tertiary/aromatic N) is 1. The molecule has 1 aromatic heterocycles. The van der Waals surface area contributed by atoms with Crippen LogP contribution in [0, 0.1) is 0 Å². The zero-order valence-electron chi connectivity index (χ0n) is 10.5. The van der Waals surface area contributed by atoms with Crippen LogP contribution >= 0.6 is 15.9 Å². The highest BCUT2D eigenvalue weighted by Gasteiger charge is 2.28. The first-order valence-corrected chi connectivity index (χ1v) is 7.28. The minimum Gasteiger partial charge on any atom is -0.293 e. The van der Waals surface area contributed by atoms with Gasteiger partial charge in [0.15, 0.2) is 5.78 Å². The summed E-state index contributed by atoms with van der Waals surface area (Å²) in [5.74, 6) is 0.0974. The summed E-state index contributed by atoms with van der Waals surface area (Å²) in [5, 5.41) is 0. The number of ketones is 1. The van der Waals surface area contributed by atoms with Crippen LogP contribution in [0.3, 0.4) is 0 Å². The van der Waals surface area contributed by atoms with Gasteiger partial charge >= 0.3 is 0 Å². The molecule has 2 nitrogen and oxygen atoms in total. The Labute approximate surface area is 121 Å². The number of pyridine rings is 1. The van der Waals surface area contributed by atoms with E-state index in [-0.39, 0.29) is 11.7 Å². The van der Waals surface area contributed by atoms with E-state index in [9.17, 15) is 4.79 Å². The molecule has 96 valence electrons. The lowest BCUT2D eigenvalue weighted by molar-refractivity contribution is 0.0949. The Morgan fingerprint density at radius 3 is 3.00 bits per heavy atom. The Morgan fingerprint density at radius 2 is 2.16 bits per heavy atom. The maximum atomic E-state index is 12.7. The van der Waals surface area contributed by atoms with Gasteiger partial charge < -0.3 is 0 Å². The van der Waals surface area contributed by atoms with Crippen molar-refractivity contribution in [2.24, 2.45) is 0 Å². The molecule has 1 aromatic carbocycles. The fourth-order valence-electron chi connectivity index (χ4n) is 2.71. The third-order valence-corrected chi connectivity index (χ3v) is 4.11. The number of carbonyl (C=O) groups is 1. The second-order valence-corrected chi connectivity index (χ2v) is 5.78. The number of Topliss-reactive ketones (excluding diaryl/α,β-unsaturated/α-hetero) is 1. The van der Waals surface area contributed by atoms with E-state index in [0.29, 0.717) is 0 Å². The summed E-state index contributed by atoms with van der Waals surface area (Å²) >= 11 is 3.42. The molecule has 3 rings (SSSR count). The average Bonchev–Trinajstić information content (AvgIpc) is 2.46. The number of aryl methyl sites for hydroxylation is 1. The molecule has 1 aliphatic rings. The quantitative estimate of drug-likeness (QED) is 0.779. The lowest BCUT2D eigenvalue weighted by Gasteiger charge is -2.23. The average molecular weight is 316 g/mol. The van der Waals surface area contributed by atoms with Gasteiger partial charge in [0.2, 0.25) is 0 Å². The Balaban J connectivity index is 1.98. The number of carbonyl (C=O) groups excluding carboxylic acids is 1. The predicted molar refractivity (Wildman–Crippen MR) is 78.4 cm³/mol. The van der Waals surface area contributed by atoms with Crippen molar-refractivity contribution in [2.45, 2.75) is 25.2 Å². The van der Waals surface area contributed by atoms with E-state index >= 15 is 0 Å². The summed E-state index contributed by atoms with van der Waals surface area (Å²) in [5.41, 5.74) is 2.96. The number of halogens is 1. The number of aromatic nitrogens is 1. The van der Waals surface area contributed by atoms with E-state index in [2.05, 4.69) is 27.0 Å². The minimum atomic E-state index is -0.0840. The summed E-state index contributed by atoms with van der Waals surface area (Å²) in [4.78, 5) is 17.1. The molecular formula is C16H14BrNO. The van der Waals surface area contributed by atoms with E-state index in [1.165, 1.54) is 5.56 Å². The molecule has 1 heterocycles. The van der Waals surface area contributed by atoms with Gasteiger partial charge in [0.25, 0.3) is 0 Å². The minimum absolute atomic E-state index is 0.0840. The van der Waals surface area contributed by atoms with Gasteiger partial charge in [0, 0.05) is 16.2 Å². The smallest absolute Gasteiger partial charge is 0.171 e. The predicted octanol–water partition coefficient (Wildman–Crippen LogP) is 4.15. The molecule has 0 amide bonds. The zero-order chi connectivity index (χ0) is 13.2. The van der Waals surface area contributed by atoms with E-state index in [1.807, 2.05) is 30.3 Å². The molecule has 1 aliphatic carbocycles. The summed E-state index contributed by atoms with van der Waals surface area (Å²) in [6, 6.07) is 11.6. The van der Waals surface area contributed by atoms with Crippen molar-refractivity contribution in [3.8, 4) is 0 Å². The van der Waals surface area contributed by atoms with E-state index in [0.717, 1.165) is 35.0 Å². The molecule has 0 saturated heterocycles. The largest absolute Gasteiger partial charge is 0.293 e. The Hall–Kier alpha value is -1.48. The SMILES string of the molecule is O=C(c1cccc(Br)c1)C1CCCc2cccnc21. The summed E-state index contributed by atoms with van der Waals surface area (Å²) in [6.07, 6.45) is 4.77. The zero-order valence-corrected chi connectivity index (χ0v) is 12.1. The summed E-state index contributed by atoms with van der Waals surface area (Å²) in [7, 11) is 0. The van der Waals surface area contributed by atoms with Gasteiger partial charge in [0.05, 0.1) is 11.6 Å². The van der Waals surface area contributed by atoms with Gasteiger partial charge in [0.1, 0.15) is 0 Å². The molecule has 19 heavy (non-hydrogen) atoms. The van der Waals surface area contributed by atoms with Gasteiger partial charge in [-0.2, -0.15) is 0 Å². The lowest BCUT2D eigenvalue weighted by Crippen LogP contribution is -2.20. The molecule has 0 fully saturated rings. The molecular weight excluding hydrogens is 302 g/mol. The van der Waals surface area contributed by atoms with Crippen LogP contribution in [-0.2, 0) is 6.42 Å². The lowest BCUT2D eigenvalue weighted by atomic mass is 9.82. The normalized spacial score (nSPS) is 17.8. The third-order valence-electron chi connectivity index (χ3n) is 3.62. The number of hydrogen-bond acceptors (Lipinski definition) is 2. The van der Waals surface area contributed by atoms with Crippen molar-refractivity contribution in [2.75, 3.05) is 0 Å². The first kappa shape index (κ1) is 12.5. The first-order valence-electron chi connectivity index (χ1n) is 6.49. The standard InChI is InChI=1S/C16H14BrNO/c17-13-7-1-5-12(10-13)16(19)14-8-2-4-11-6-3-9-18-15(11)14/h1,3,5-7,9-10,14H,2,4,8H2. The number of rotatable bonds is 2. The van der Waals surface area contributed by atoms with E-state index in [4.69, 9.17) is 0 Å². The Morgan fingerprint density at radius 1 is 1.26 bits per heavy atom. The highest BCUT2D eigenvalue weighted by Crippen LogP contribution is 2.32. The maximum absolute atomic E-state index is 12.7. The van der Waals surface area contributed by atoms with Crippen LogP contribution in [0.2, 0.25) is 0 Å². The van der Waals surface area contributed by atoms with Crippen molar-refractivity contribution in [1.82, 2.24) is 4.98 Å². The molecule has 1 unspecified atom stereocenters. The van der Waals surface area contributed by atoms with Crippen molar-refractivity contribution in [1.29, 1.82) is 0 Å². The molecule has 2 aromatic rings. The Kier molecular flexibility index (Phi) is 3.47. The van der Waals surface area contributed by atoms with E-state index < -0.39 is 0 Å². The van der Waals surface area contributed by atoms with Crippen LogP contribution in [0.15, 0.2) is 47.1 Å². The third kappa shape index (κ3) is 2.47. The molecule has 1 atom stereocenters. The fourth-order valence-corrected chi connectivity index (χ4v) is 3.11. The van der Waals surface area contributed by atoms with Crippen LogP contribution in [0.25, 0.3) is 0 Å². The van der Waals surface area contributed by atoms with Gasteiger partial charge in [-0.1, -0.05) is 34.1 Å². The van der Waals surface area contributed by atoms with Crippen LogP contribution in [0.1, 0.15) is 40.4 Å². The van der Waals surface area contributed by atoms with Gasteiger partial charge in [-0.15, -0.1) is 0 Å². The highest BCUT2D eigenvalue weighted by molar-refractivity contribution is 9.10. The van der Waals surface area contributed by atoms with Crippen molar-refractivity contribution in [3.63, 3.8) is 0 Å². The van der Waals surface area contributed by atoms with Crippen LogP contribution in [0.5, 0.6) is 0 Å². The molecule has 3 heteroatoms. The van der Waals surface area contributed by atoms with Crippen molar-refractivity contribution < 1.29 is 4.79 Å². The molecule has 0 radical (unpaired) electrons. The summed E-state index contributed by atoms with van der Waals surface area (Å²) in [6.45, 7) is 0. The number of benzene rings is 1.